The quantitative estimate of drug-likeness (QED) is 0.842. The molecule has 1 saturated heterocycles. The molecule has 1 atom stereocenters. The zero-order valence-corrected chi connectivity index (χ0v) is 13.3. The van der Waals surface area contributed by atoms with Crippen LogP contribution in [0.15, 0.2) is 27.1 Å². The van der Waals surface area contributed by atoms with E-state index in [1.807, 2.05) is 6.07 Å². The average molecular weight is 391 g/mol. The molecule has 0 bridgehead atoms. The first-order valence-corrected chi connectivity index (χ1v) is 7.58. The summed E-state index contributed by atoms with van der Waals surface area (Å²) >= 11 is 6.66. The van der Waals surface area contributed by atoms with Gasteiger partial charge in [-0.1, -0.05) is 15.9 Å². The van der Waals surface area contributed by atoms with Crippen LogP contribution in [0, 0.1) is 0 Å². The Morgan fingerprint density at radius 3 is 2.68 bits per heavy atom. The highest BCUT2D eigenvalue weighted by Crippen LogP contribution is 2.26. The van der Waals surface area contributed by atoms with Crippen molar-refractivity contribution in [1.82, 2.24) is 4.90 Å². The van der Waals surface area contributed by atoms with E-state index in [1.54, 1.807) is 12.1 Å². The Kier molecular flexibility index (Phi) is 4.62. The van der Waals surface area contributed by atoms with E-state index in [9.17, 15) is 14.7 Å². The number of likely N-dealkylation sites (tertiary alicyclic amines) is 1. The molecule has 19 heavy (non-hydrogen) atoms. The lowest BCUT2D eigenvalue weighted by molar-refractivity contribution is -0.143. The average Bonchev–Trinajstić information content (AvgIpc) is 2.40. The van der Waals surface area contributed by atoms with Gasteiger partial charge in [0, 0.05) is 15.5 Å². The fourth-order valence-electron chi connectivity index (χ4n) is 2.25. The van der Waals surface area contributed by atoms with E-state index in [0.29, 0.717) is 23.0 Å². The third-order valence-electron chi connectivity index (χ3n) is 3.21. The van der Waals surface area contributed by atoms with Gasteiger partial charge in [0.15, 0.2) is 0 Å². The van der Waals surface area contributed by atoms with E-state index in [1.165, 1.54) is 4.90 Å². The molecule has 6 heteroatoms. The van der Waals surface area contributed by atoms with E-state index in [2.05, 4.69) is 31.9 Å². The van der Waals surface area contributed by atoms with Crippen LogP contribution in [0.25, 0.3) is 0 Å². The molecule has 1 heterocycles. The van der Waals surface area contributed by atoms with E-state index in [-0.39, 0.29) is 5.91 Å². The molecule has 1 aliphatic heterocycles. The molecule has 0 radical (unpaired) electrons. The predicted octanol–water partition coefficient (Wildman–Crippen LogP) is 3.29. The SMILES string of the molecule is O=C(O)C1CCCCN1C(=O)c1cc(Br)ccc1Br. The topological polar surface area (TPSA) is 57.6 Å². The maximum Gasteiger partial charge on any atom is 0.326 e. The smallest absolute Gasteiger partial charge is 0.326 e. The Hall–Kier alpha value is -0.880. The molecule has 1 aliphatic rings. The van der Waals surface area contributed by atoms with Gasteiger partial charge in [-0.2, -0.15) is 0 Å². The molecule has 2 rings (SSSR count). The molecule has 1 unspecified atom stereocenters. The zero-order chi connectivity index (χ0) is 14.0. The second-order valence-corrected chi connectivity index (χ2v) is 6.24. The minimum atomic E-state index is -0.931. The van der Waals surface area contributed by atoms with Crippen LogP contribution >= 0.6 is 31.9 Å². The summed E-state index contributed by atoms with van der Waals surface area (Å²) in [5.41, 5.74) is 0.488. The van der Waals surface area contributed by atoms with Crippen molar-refractivity contribution in [2.45, 2.75) is 25.3 Å². The van der Waals surface area contributed by atoms with Crippen molar-refractivity contribution in [2.24, 2.45) is 0 Å². The van der Waals surface area contributed by atoms with Crippen molar-refractivity contribution in [1.29, 1.82) is 0 Å². The summed E-state index contributed by atoms with van der Waals surface area (Å²) < 4.78 is 1.47. The van der Waals surface area contributed by atoms with Crippen LogP contribution in [0.5, 0.6) is 0 Å². The Labute approximate surface area is 128 Å². The molecule has 1 aromatic carbocycles. The van der Waals surface area contributed by atoms with E-state index < -0.39 is 12.0 Å². The first-order chi connectivity index (χ1) is 9.00. The van der Waals surface area contributed by atoms with Crippen LogP contribution in [0.2, 0.25) is 0 Å². The molecule has 0 spiro atoms. The summed E-state index contributed by atoms with van der Waals surface area (Å²) in [4.78, 5) is 25.2. The molecular formula is C13H13Br2NO3. The van der Waals surface area contributed by atoms with Gasteiger partial charge in [-0.15, -0.1) is 0 Å². The standard InChI is InChI=1S/C13H13Br2NO3/c14-8-4-5-10(15)9(7-8)12(17)16-6-2-1-3-11(16)13(18)19/h4-5,7,11H,1-3,6H2,(H,18,19). The van der Waals surface area contributed by atoms with Crippen molar-refractivity contribution in [3.05, 3.63) is 32.7 Å². The van der Waals surface area contributed by atoms with Crippen LogP contribution in [-0.4, -0.2) is 34.5 Å². The van der Waals surface area contributed by atoms with Gasteiger partial charge < -0.3 is 10.0 Å². The number of rotatable bonds is 2. The van der Waals surface area contributed by atoms with Crippen LogP contribution in [0.1, 0.15) is 29.6 Å². The van der Waals surface area contributed by atoms with Crippen molar-refractivity contribution in [3.63, 3.8) is 0 Å². The van der Waals surface area contributed by atoms with Gasteiger partial charge in [0.2, 0.25) is 0 Å². The summed E-state index contributed by atoms with van der Waals surface area (Å²) in [6.45, 7) is 0.495. The van der Waals surface area contributed by atoms with Crippen LogP contribution in [0.4, 0.5) is 0 Å². The Morgan fingerprint density at radius 1 is 1.26 bits per heavy atom. The zero-order valence-electron chi connectivity index (χ0n) is 10.1. The summed E-state index contributed by atoms with van der Waals surface area (Å²) in [5.74, 6) is -1.17. The number of benzene rings is 1. The molecule has 1 fully saturated rings. The van der Waals surface area contributed by atoms with Gasteiger partial charge in [0.1, 0.15) is 6.04 Å². The number of nitrogens with zero attached hydrogens (tertiary/aromatic N) is 1. The molecular weight excluding hydrogens is 378 g/mol. The Bertz CT molecular complexity index is 519. The molecule has 1 aromatic rings. The fourth-order valence-corrected chi connectivity index (χ4v) is 3.02. The number of halogens is 2. The van der Waals surface area contributed by atoms with Crippen LogP contribution in [-0.2, 0) is 4.79 Å². The second kappa shape index (κ2) is 6.05. The van der Waals surface area contributed by atoms with Crippen LogP contribution in [0.3, 0.4) is 0 Å². The number of carbonyl (C=O) groups is 2. The first-order valence-electron chi connectivity index (χ1n) is 5.99. The maximum absolute atomic E-state index is 12.5. The Balaban J connectivity index is 2.31. The van der Waals surface area contributed by atoms with Crippen molar-refractivity contribution >= 4 is 43.7 Å². The molecule has 1 amide bonds. The number of aliphatic carboxylic acids is 1. The summed E-state index contributed by atoms with van der Waals surface area (Å²) in [6, 6.07) is 4.59. The molecule has 0 aliphatic carbocycles. The summed E-state index contributed by atoms with van der Waals surface area (Å²) in [7, 11) is 0. The number of hydrogen-bond acceptors (Lipinski definition) is 2. The fraction of sp³-hybridized carbons (Fsp3) is 0.385. The van der Waals surface area contributed by atoms with Crippen molar-refractivity contribution in [3.8, 4) is 0 Å². The lowest BCUT2D eigenvalue weighted by atomic mass is 10.0. The highest BCUT2D eigenvalue weighted by Gasteiger charge is 2.33. The van der Waals surface area contributed by atoms with Gasteiger partial charge >= 0.3 is 5.97 Å². The molecule has 102 valence electrons. The summed E-state index contributed by atoms with van der Waals surface area (Å²) in [5, 5.41) is 9.21. The minimum Gasteiger partial charge on any atom is -0.480 e. The van der Waals surface area contributed by atoms with Crippen LogP contribution < -0.4 is 0 Å². The van der Waals surface area contributed by atoms with Crippen molar-refractivity contribution in [2.75, 3.05) is 6.54 Å². The van der Waals surface area contributed by atoms with Gasteiger partial charge in [-0.05, 0) is 53.4 Å². The van der Waals surface area contributed by atoms with Gasteiger partial charge in [-0.3, -0.25) is 4.79 Å². The van der Waals surface area contributed by atoms with Crippen molar-refractivity contribution < 1.29 is 14.7 Å². The van der Waals surface area contributed by atoms with E-state index in [0.717, 1.165) is 17.3 Å². The minimum absolute atomic E-state index is 0.236. The van der Waals surface area contributed by atoms with Gasteiger partial charge in [-0.25, -0.2) is 4.79 Å². The largest absolute Gasteiger partial charge is 0.480 e. The third-order valence-corrected chi connectivity index (χ3v) is 4.39. The highest BCUT2D eigenvalue weighted by molar-refractivity contribution is 9.11. The second-order valence-electron chi connectivity index (χ2n) is 4.47. The molecule has 4 nitrogen and oxygen atoms in total. The number of carboxylic acid groups (broad SMARTS) is 1. The van der Waals surface area contributed by atoms with Gasteiger partial charge in [0.25, 0.3) is 5.91 Å². The van der Waals surface area contributed by atoms with E-state index >= 15 is 0 Å². The lowest BCUT2D eigenvalue weighted by Crippen LogP contribution is -2.48. The van der Waals surface area contributed by atoms with E-state index in [4.69, 9.17) is 0 Å². The third kappa shape index (κ3) is 3.17. The molecule has 1 N–H and O–H groups in total. The predicted molar refractivity (Wildman–Crippen MR) is 78.2 cm³/mol. The lowest BCUT2D eigenvalue weighted by Gasteiger charge is -2.33. The normalized spacial score (nSPS) is 19.3. The van der Waals surface area contributed by atoms with Gasteiger partial charge in [0.05, 0.1) is 5.56 Å². The summed E-state index contributed by atoms with van der Waals surface area (Å²) in [6.07, 6.45) is 2.22. The molecule has 0 saturated carbocycles. The molecule has 0 aromatic heterocycles. The number of carbonyl (C=O) groups excluding carboxylic acids is 1. The number of carboxylic acids is 1. The number of piperidine rings is 1. The number of amides is 1. The maximum atomic E-state index is 12.5. The monoisotopic (exact) mass is 389 g/mol. The first kappa shape index (κ1) is 14.5. The number of hydrogen-bond donors (Lipinski definition) is 1. The highest BCUT2D eigenvalue weighted by atomic mass is 79.9. The Morgan fingerprint density at radius 2 is 2.00 bits per heavy atom.